The van der Waals surface area contributed by atoms with Gasteiger partial charge in [-0.3, -0.25) is 0 Å². The molecule has 2 N–H and O–H groups in total. The fourth-order valence-corrected chi connectivity index (χ4v) is 1.98. The summed E-state index contributed by atoms with van der Waals surface area (Å²) in [4.78, 5) is 0. The van der Waals surface area contributed by atoms with Gasteiger partial charge in [0.2, 0.25) is 0 Å². The molecule has 0 saturated heterocycles. The fourth-order valence-electron chi connectivity index (χ4n) is 1.98. The van der Waals surface area contributed by atoms with Crippen molar-refractivity contribution in [2.45, 2.75) is 25.8 Å². The zero-order chi connectivity index (χ0) is 10.1. The summed E-state index contributed by atoms with van der Waals surface area (Å²) < 4.78 is 13.0. The van der Waals surface area contributed by atoms with Crippen LogP contribution in [0.4, 0.5) is 4.39 Å². The molecule has 14 heavy (non-hydrogen) atoms. The van der Waals surface area contributed by atoms with E-state index in [1.54, 1.807) is 6.07 Å². The Labute approximate surface area is 83.4 Å². The molecule has 0 heterocycles. The zero-order valence-corrected chi connectivity index (χ0v) is 8.26. The number of rotatable bonds is 1. The van der Waals surface area contributed by atoms with Crippen LogP contribution in [0.5, 0.6) is 0 Å². The van der Waals surface area contributed by atoms with E-state index in [2.05, 4.69) is 6.08 Å². The maximum absolute atomic E-state index is 13.0. The molecule has 0 spiro atoms. The molecule has 0 fully saturated rings. The number of nitrogens with two attached hydrogens (primary N) is 1. The van der Waals surface area contributed by atoms with Crippen LogP contribution in [0.2, 0.25) is 0 Å². The average molecular weight is 191 g/mol. The van der Waals surface area contributed by atoms with Gasteiger partial charge in [-0.2, -0.15) is 0 Å². The third-order valence-electron chi connectivity index (χ3n) is 2.65. The number of aryl methyl sites for hydroxylation is 1. The van der Waals surface area contributed by atoms with Gasteiger partial charge in [-0.15, -0.1) is 0 Å². The number of halogens is 1. The fraction of sp³-hybridized carbons (Fsp3) is 0.333. The maximum Gasteiger partial charge on any atom is 0.123 e. The molecular formula is C12H14FN. The Morgan fingerprint density at radius 1 is 1.43 bits per heavy atom. The first kappa shape index (κ1) is 9.41. The highest BCUT2D eigenvalue weighted by molar-refractivity contribution is 5.73. The highest BCUT2D eigenvalue weighted by Crippen LogP contribution is 2.28. The van der Waals surface area contributed by atoms with E-state index in [-0.39, 0.29) is 11.9 Å². The Balaban J connectivity index is 2.49. The van der Waals surface area contributed by atoms with Crippen LogP contribution < -0.4 is 5.73 Å². The first-order chi connectivity index (χ1) is 6.68. The minimum atomic E-state index is -0.158. The van der Waals surface area contributed by atoms with Crippen LogP contribution in [0.1, 0.15) is 24.5 Å². The van der Waals surface area contributed by atoms with Gasteiger partial charge in [0.1, 0.15) is 5.82 Å². The van der Waals surface area contributed by atoms with Crippen molar-refractivity contribution in [1.82, 2.24) is 0 Å². The van der Waals surface area contributed by atoms with E-state index in [0.717, 1.165) is 29.5 Å². The Kier molecular flexibility index (Phi) is 2.38. The van der Waals surface area contributed by atoms with E-state index in [1.807, 2.05) is 13.0 Å². The van der Waals surface area contributed by atoms with Gasteiger partial charge in [0.25, 0.3) is 0 Å². The second-order valence-electron chi connectivity index (χ2n) is 3.79. The van der Waals surface area contributed by atoms with Gasteiger partial charge >= 0.3 is 0 Å². The van der Waals surface area contributed by atoms with Crippen molar-refractivity contribution < 1.29 is 4.39 Å². The van der Waals surface area contributed by atoms with Crippen LogP contribution in [0.3, 0.4) is 0 Å². The largest absolute Gasteiger partial charge is 0.324 e. The van der Waals surface area contributed by atoms with Crippen LogP contribution >= 0.6 is 0 Å². The second-order valence-corrected chi connectivity index (χ2v) is 3.79. The Morgan fingerprint density at radius 2 is 2.21 bits per heavy atom. The number of hydrogen-bond acceptors (Lipinski definition) is 1. The van der Waals surface area contributed by atoms with Gasteiger partial charge in [0.15, 0.2) is 0 Å². The molecular weight excluding hydrogens is 177 g/mol. The first-order valence-corrected chi connectivity index (χ1v) is 4.93. The van der Waals surface area contributed by atoms with Gasteiger partial charge in [0, 0.05) is 6.04 Å². The van der Waals surface area contributed by atoms with Crippen molar-refractivity contribution in [1.29, 1.82) is 0 Å². The molecule has 0 amide bonds. The maximum atomic E-state index is 13.0. The monoisotopic (exact) mass is 191 g/mol. The molecule has 0 aliphatic heterocycles. The molecule has 0 bridgehead atoms. The normalized spacial score (nSPS) is 17.2. The summed E-state index contributed by atoms with van der Waals surface area (Å²) in [7, 11) is 0. The minimum Gasteiger partial charge on any atom is -0.324 e. The Hall–Kier alpha value is -1.15. The lowest BCUT2D eigenvalue weighted by atomic mass is 9.88. The highest BCUT2D eigenvalue weighted by Gasteiger charge is 2.15. The second kappa shape index (κ2) is 3.54. The topological polar surface area (TPSA) is 26.0 Å². The Bertz CT molecular complexity index is 380. The van der Waals surface area contributed by atoms with Crippen molar-refractivity contribution in [2.24, 2.45) is 5.73 Å². The van der Waals surface area contributed by atoms with Crippen LogP contribution in [-0.2, 0) is 6.42 Å². The number of allylic oxidation sites excluding steroid dienone is 1. The number of hydrogen-bond donors (Lipinski definition) is 1. The lowest BCUT2D eigenvalue weighted by molar-refractivity contribution is 0.624. The van der Waals surface area contributed by atoms with Crippen LogP contribution in [0.25, 0.3) is 5.57 Å². The van der Waals surface area contributed by atoms with Gasteiger partial charge in [-0.1, -0.05) is 12.1 Å². The highest BCUT2D eigenvalue weighted by atomic mass is 19.1. The first-order valence-electron chi connectivity index (χ1n) is 4.93. The summed E-state index contributed by atoms with van der Waals surface area (Å²) in [5, 5.41) is 0. The molecule has 74 valence electrons. The summed E-state index contributed by atoms with van der Waals surface area (Å²) in [6, 6.07) is 4.98. The molecule has 0 saturated carbocycles. The molecule has 1 atom stereocenters. The van der Waals surface area contributed by atoms with Crippen molar-refractivity contribution >= 4 is 5.57 Å². The van der Waals surface area contributed by atoms with Crippen LogP contribution in [0.15, 0.2) is 24.3 Å². The Morgan fingerprint density at radius 3 is 2.93 bits per heavy atom. The van der Waals surface area contributed by atoms with Gasteiger partial charge in [-0.05, 0) is 48.6 Å². The molecule has 0 radical (unpaired) electrons. The van der Waals surface area contributed by atoms with Crippen molar-refractivity contribution in [3.05, 3.63) is 41.2 Å². The summed E-state index contributed by atoms with van der Waals surface area (Å²) in [6.07, 6.45) is 4.04. The molecule has 1 nitrogen and oxygen atoms in total. The lowest BCUT2D eigenvalue weighted by Gasteiger charge is -2.20. The SMILES string of the molecule is CC(N)C1=CCCc2cc(F)ccc21. The number of benzene rings is 1. The summed E-state index contributed by atoms with van der Waals surface area (Å²) in [6.45, 7) is 1.96. The predicted molar refractivity (Wildman–Crippen MR) is 56.3 cm³/mol. The standard InChI is InChI=1S/C12H14FN/c1-8(14)11-4-2-3-9-7-10(13)5-6-12(9)11/h4-8H,2-3,14H2,1H3. The van der Waals surface area contributed by atoms with Crippen molar-refractivity contribution in [2.75, 3.05) is 0 Å². The van der Waals surface area contributed by atoms with E-state index in [0.29, 0.717) is 0 Å². The summed E-state index contributed by atoms with van der Waals surface area (Å²) >= 11 is 0. The summed E-state index contributed by atoms with van der Waals surface area (Å²) in [5.41, 5.74) is 9.20. The number of fused-ring (bicyclic) bond motifs is 1. The average Bonchev–Trinajstić information content (AvgIpc) is 2.16. The van der Waals surface area contributed by atoms with E-state index in [1.165, 1.54) is 6.07 Å². The predicted octanol–water partition coefficient (Wildman–Crippen LogP) is 2.50. The van der Waals surface area contributed by atoms with Gasteiger partial charge in [0.05, 0.1) is 0 Å². The molecule has 2 rings (SSSR count). The summed E-state index contributed by atoms with van der Waals surface area (Å²) in [5.74, 6) is -0.158. The molecule has 0 aromatic heterocycles. The van der Waals surface area contributed by atoms with E-state index >= 15 is 0 Å². The quantitative estimate of drug-likeness (QED) is 0.725. The smallest absolute Gasteiger partial charge is 0.123 e. The minimum absolute atomic E-state index is 0.0273. The van der Waals surface area contributed by atoms with E-state index in [4.69, 9.17) is 5.73 Å². The van der Waals surface area contributed by atoms with Crippen LogP contribution in [-0.4, -0.2) is 6.04 Å². The molecule has 1 unspecified atom stereocenters. The van der Waals surface area contributed by atoms with E-state index < -0.39 is 0 Å². The zero-order valence-electron chi connectivity index (χ0n) is 8.26. The van der Waals surface area contributed by atoms with Crippen molar-refractivity contribution in [3.63, 3.8) is 0 Å². The van der Waals surface area contributed by atoms with Crippen molar-refractivity contribution in [3.8, 4) is 0 Å². The van der Waals surface area contributed by atoms with E-state index in [9.17, 15) is 4.39 Å². The molecule has 1 aliphatic carbocycles. The third-order valence-corrected chi connectivity index (χ3v) is 2.65. The molecule has 1 aromatic rings. The molecule has 1 aliphatic rings. The molecule has 2 heteroatoms. The van der Waals surface area contributed by atoms with Gasteiger partial charge in [-0.25, -0.2) is 4.39 Å². The lowest BCUT2D eigenvalue weighted by Crippen LogP contribution is -2.19. The third kappa shape index (κ3) is 1.58. The van der Waals surface area contributed by atoms with Crippen LogP contribution in [0, 0.1) is 5.82 Å². The van der Waals surface area contributed by atoms with Gasteiger partial charge < -0.3 is 5.73 Å². The molecule has 1 aromatic carbocycles.